The molecule has 0 bridgehead atoms. The number of esters is 1. The monoisotopic (exact) mass is 306 g/mol. The lowest BCUT2D eigenvalue weighted by Crippen LogP contribution is -2.51. The van der Waals surface area contributed by atoms with Gasteiger partial charge in [0.05, 0.1) is 26.7 Å². The second kappa shape index (κ2) is 10.9. The number of nitrogens with zero attached hydrogens (tertiary/aromatic N) is 1. The second-order valence-corrected chi connectivity index (χ2v) is 4.10. The molecule has 0 aliphatic rings. The number of hydrogen-bond donors (Lipinski definition) is 2. The van der Waals surface area contributed by atoms with Crippen molar-refractivity contribution < 1.29 is 33.7 Å². The third kappa shape index (κ3) is 8.10. The molecule has 2 N–H and O–H groups in total. The lowest BCUT2D eigenvalue weighted by Gasteiger charge is -2.24. The van der Waals surface area contributed by atoms with Crippen molar-refractivity contribution in [2.24, 2.45) is 0 Å². The predicted octanol–water partition coefficient (Wildman–Crippen LogP) is -0.693. The molecule has 0 fully saturated rings. The molecule has 122 valence electrons. The van der Waals surface area contributed by atoms with E-state index in [1.165, 1.54) is 26.2 Å². The van der Waals surface area contributed by atoms with Crippen LogP contribution in [0.1, 0.15) is 6.42 Å². The van der Waals surface area contributed by atoms with E-state index >= 15 is 0 Å². The van der Waals surface area contributed by atoms with Crippen molar-refractivity contribution >= 4 is 18.0 Å². The molecule has 0 aromatic carbocycles. The van der Waals surface area contributed by atoms with Gasteiger partial charge in [-0.2, -0.15) is 0 Å². The molecule has 9 nitrogen and oxygen atoms in total. The smallest absolute Gasteiger partial charge is 0.328 e. The molecule has 0 heterocycles. The lowest BCUT2D eigenvalue weighted by atomic mass is 10.3. The van der Waals surface area contributed by atoms with E-state index in [9.17, 15) is 14.4 Å². The first kappa shape index (κ1) is 19.1. The second-order valence-electron chi connectivity index (χ2n) is 4.10. The van der Waals surface area contributed by atoms with E-state index in [-0.39, 0.29) is 32.7 Å². The number of ether oxygens (including phenoxy) is 3. The molecule has 0 saturated heterocycles. The minimum absolute atomic E-state index is 0.00957. The summed E-state index contributed by atoms with van der Waals surface area (Å²) in [6, 6.07) is -1.77. The van der Waals surface area contributed by atoms with Crippen LogP contribution in [0.5, 0.6) is 0 Å². The first-order valence-corrected chi connectivity index (χ1v) is 6.29. The number of carbonyl (C=O) groups is 3. The van der Waals surface area contributed by atoms with Crippen LogP contribution in [0.3, 0.4) is 0 Å². The van der Waals surface area contributed by atoms with Gasteiger partial charge in [-0.3, -0.25) is 4.79 Å². The quantitative estimate of drug-likeness (QED) is 0.513. The van der Waals surface area contributed by atoms with Crippen LogP contribution in [0.4, 0.5) is 4.79 Å². The SMILES string of the molecule is COCCN(CCC(=O)OC)C(=O)NC(COC)C(=O)O. The van der Waals surface area contributed by atoms with Crippen LogP contribution in [0, 0.1) is 0 Å². The fraction of sp³-hybridized carbons (Fsp3) is 0.750. The van der Waals surface area contributed by atoms with Crippen LogP contribution in [-0.2, 0) is 23.8 Å². The molecule has 0 radical (unpaired) electrons. The first-order chi connectivity index (χ1) is 9.96. The van der Waals surface area contributed by atoms with Gasteiger partial charge in [-0.05, 0) is 0 Å². The zero-order chi connectivity index (χ0) is 16.3. The predicted molar refractivity (Wildman–Crippen MR) is 71.9 cm³/mol. The van der Waals surface area contributed by atoms with Gasteiger partial charge in [0.2, 0.25) is 0 Å². The molecule has 0 aromatic rings. The van der Waals surface area contributed by atoms with Gasteiger partial charge >= 0.3 is 18.0 Å². The summed E-state index contributed by atoms with van der Waals surface area (Å²) in [6.45, 7) is 0.423. The van der Waals surface area contributed by atoms with Crippen molar-refractivity contribution in [1.29, 1.82) is 0 Å². The molecular formula is C12H22N2O7. The molecule has 2 amide bonds. The van der Waals surface area contributed by atoms with Crippen molar-refractivity contribution in [1.82, 2.24) is 10.2 Å². The number of carboxylic acid groups (broad SMARTS) is 1. The van der Waals surface area contributed by atoms with Gasteiger partial charge in [0.1, 0.15) is 0 Å². The van der Waals surface area contributed by atoms with Gasteiger partial charge in [-0.25, -0.2) is 9.59 Å². The maximum atomic E-state index is 12.0. The fourth-order valence-corrected chi connectivity index (χ4v) is 1.43. The third-order valence-electron chi connectivity index (χ3n) is 2.60. The highest BCUT2D eigenvalue weighted by Gasteiger charge is 2.23. The maximum Gasteiger partial charge on any atom is 0.328 e. The van der Waals surface area contributed by atoms with Gasteiger partial charge in [-0.1, -0.05) is 0 Å². The Morgan fingerprint density at radius 1 is 1.14 bits per heavy atom. The standard InChI is InChI=1S/C12H22N2O7/c1-19-7-6-14(5-4-10(15)21-3)12(18)13-9(8-20-2)11(16)17/h9H,4-8H2,1-3H3,(H,13,18)(H,16,17). The average molecular weight is 306 g/mol. The number of carbonyl (C=O) groups excluding carboxylic acids is 2. The van der Waals surface area contributed by atoms with Gasteiger partial charge in [0.25, 0.3) is 0 Å². The summed E-state index contributed by atoms with van der Waals surface area (Å²) in [5, 5.41) is 11.3. The van der Waals surface area contributed by atoms with Crippen LogP contribution in [0.15, 0.2) is 0 Å². The van der Waals surface area contributed by atoms with Crippen molar-refractivity contribution in [3.8, 4) is 0 Å². The van der Waals surface area contributed by atoms with E-state index in [2.05, 4.69) is 10.1 Å². The molecule has 0 aliphatic carbocycles. The highest BCUT2D eigenvalue weighted by atomic mass is 16.5. The Morgan fingerprint density at radius 2 is 1.81 bits per heavy atom. The Morgan fingerprint density at radius 3 is 2.29 bits per heavy atom. The third-order valence-corrected chi connectivity index (χ3v) is 2.60. The van der Waals surface area contributed by atoms with Crippen LogP contribution < -0.4 is 5.32 Å². The van der Waals surface area contributed by atoms with Crippen molar-refractivity contribution in [3.63, 3.8) is 0 Å². The van der Waals surface area contributed by atoms with Crippen molar-refractivity contribution in [2.75, 3.05) is 47.6 Å². The molecule has 1 unspecified atom stereocenters. The Hall–Kier alpha value is -1.87. The van der Waals surface area contributed by atoms with Gasteiger partial charge in [0.15, 0.2) is 6.04 Å². The minimum atomic E-state index is -1.20. The highest BCUT2D eigenvalue weighted by molar-refractivity contribution is 5.83. The Bertz CT molecular complexity index is 348. The summed E-state index contributed by atoms with van der Waals surface area (Å²) in [4.78, 5) is 35.4. The number of nitrogens with one attached hydrogen (secondary N) is 1. The van der Waals surface area contributed by atoms with Crippen LogP contribution in [-0.4, -0.2) is 81.7 Å². The largest absolute Gasteiger partial charge is 0.480 e. The molecule has 0 rings (SSSR count). The zero-order valence-corrected chi connectivity index (χ0v) is 12.5. The Kier molecular flexibility index (Phi) is 9.90. The molecule has 1 atom stereocenters. The Balaban J connectivity index is 4.60. The number of methoxy groups -OCH3 is 3. The van der Waals surface area contributed by atoms with E-state index in [1.807, 2.05) is 0 Å². The summed E-state index contributed by atoms with van der Waals surface area (Å²) in [5.74, 6) is -1.67. The zero-order valence-electron chi connectivity index (χ0n) is 12.5. The number of rotatable bonds is 10. The summed E-state index contributed by atoms with van der Waals surface area (Å²) in [7, 11) is 4.06. The Labute approximate surface area is 123 Å². The highest BCUT2D eigenvalue weighted by Crippen LogP contribution is 1.97. The van der Waals surface area contributed by atoms with Gasteiger partial charge in [0, 0.05) is 27.3 Å². The first-order valence-electron chi connectivity index (χ1n) is 6.29. The molecule has 9 heteroatoms. The van der Waals surface area contributed by atoms with Crippen LogP contribution in [0.25, 0.3) is 0 Å². The fourth-order valence-electron chi connectivity index (χ4n) is 1.43. The van der Waals surface area contributed by atoms with Crippen LogP contribution >= 0.6 is 0 Å². The summed E-state index contributed by atoms with van der Waals surface area (Å²) in [6.07, 6.45) is 0.00957. The van der Waals surface area contributed by atoms with E-state index in [0.717, 1.165) is 0 Å². The van der Waals surface area contributed by atoms with E-state index in [0.29, 0.717) is 0 Å². The molecule has 0 saturated carbocycles. The minimum Gasteiger partial charge on any atom is -0.480 e. The molecule has 0 spiro atoms. The van der Waals surface area contributed by atoms with Gasteiger partial charge < -0.3 is 29.5 Å². The number of aliphatic carboxylic acids is 1. The number of urea groups is 1. The molecule has 21 heavy (non-hydrogen) atoms. The van der Waals surface area contributed by atoms with E-state index < -0.39 is 24.0 Å². The van der Waals surface area contributed by atoms with E-state index in [4.69, 9.17) is 14.6 Å². The van der Waals surface area contributed by atoms with E-state index in [1.54, 1.807) is 0 Å². The molecule has 0 aromatic heterocycles. The molecule has 0 aliphatic heterocycles. The summed E-state index contributed by atoms with van der Waals surface area (Å²) >= 11 is 0. The topological polar surface area (TPSA) is 114 Å². The number of hydrogen-bond acceptors (Lipinski definition) is 6. The van der Waals surface area contributed by atoms with Crippen LogP contribution in [0.2, 0.25) is 0 Å². The number of amides is 2. The maximum absolute atomic E-state index is 12.0. The van der Waals surface area contributed by atoms with Gasteiger partial charge in [-0.15, -0.1) is 0 Å². The van der Waals surface area contributed by atoms with Crippen molar-refractivity contribution in [3.05, 3.63) is 0 Å². The average Bonchev–Trinajstić information content (AvgIpc) is 2.46. The number of carboxylic acids is 1. The summed E-state index contributed by atoms with van der Waals surface area (Å²) < 4.78 is 14.1. The van der Waals surface area contributed by atoms with Crippen molar-refractivity contribution in [2.45, 2.75) is 12.5 Å². The molecular weight excluding hydrogens is 284 g/mol. The summed E-state index contributed by atoms with van der Waals surface area (Å²) in [5.41, 5.74) is 0. The normalized spacial score (nSPS) is 11.6. The lowest BCUT2D eigenvalue weighted by molar-refractivity contribution is -0.142.